The van der Waals surface area contributed by atoms with Crippen LogP contribution in [0.3, 0.4) is 0 Å². The zero-order valence-corrected chi connectivity index (χ0v) is 10.7. The molecule has 1 aromatic heterocycles. The highest BCUT2D eigenvalue weighted by atomic mass is 79.9. The van der Waals surface area contributed by atoms with Crippen molar-refractivity contribution in [3.05, 3.63) is 20.8 Å². The summed E-state index contributed by atoms with van der Waals surface area (Å²) in [6, 6.07) is 3.51. The second-order valence-electron chi connectivity index (χ2n) is 3.87. The van der Waals surface area contributed by atoms with Crippen molar-refractivity contribution in [1.29, 1.82) is 0 Å². The van der Waals surface area contributed by atoms with E-state index in [1.807, 2.05) is 0 Å². The molecule has 1 aromatic rings. The normalized spacial score (nSPS) is 16.8. The number of aliphatic carboxylic acids is 1. The third-order valence-corrected chi connectivity index (χ3v) is 4.31. The Morgan fingerprint density at radius 2 is 2.19 bits per heavy atom. The Morgan fingerprint density at radius 3 is 2.62 bits per heavy atom. The van der Waals surface area contributed by atoms with Gasteiger partial charge >= 0.3 is 5.97 Å². The van der Waals surface area contributed by atoms with Gasteiger partial charge in [-0.2, -0.15) is 0 Å². The van der Waals surface area contributed by atoms with Crippen LogP contribution in [0.4, 0.5) is 0 Å². The predicted octanol–water partition coefficient (Wildman–Crippen LogP) is 2.11. The third kappa shape index (κ3) is 2.27. The fraction of sp³-hybridized carbons (Fsp3) is 0.400. The molecule has 4 nitrogen and oxygen atoms in total. The number of halogens is 1. The van der Waals surface area contributed by atoms with Gasteiger partial charge in [-0.15, -0.1) is 11.3 Å². The SMILES string of the molecule is O=C(NCC1(C(=O)O)CC1)c1ccc(Br)s1. The molecule has 0 aliphatic heterocycles. The number of hydrogen-bond acceptors (Lipinski definition) is 3. The predicted molar refractivity (Wildman–Crippen MR) is 63.7 cm³/mol. The van der Waals surface area contributed by atoms with E-state index in [1.54, 1.807) is 12.1 Å². The second-order valence-corrected chi connectivity index (χ2v) is 6.33. The van der Waals surface area contributed by atoms with E-state index in [0.29, 0.717) is 17.7 Å². The molecular weight excluding hydrogens is 294 g/mol. The number of carboxylic acid groups (broad SMARTS) is 1. The van der Waals surface area contributed by atoms with Gasteiger partial charge in [-0.25, -0.2) is 0 Å². The molecule has 0 bridgehead atoms. The molecule has 0 spiro atoms. The maximum absolute atomic E-state index is 11.6. The summed E-state index contributed by atoms with van der Waals surface area (Å²) < 4.78 is 0.886. The quantitative estimate of drug-likeness (QED) is 0.895. The highest BCUT2D eigenvalue weighted by Gasteiger charge is 2.50. The lowest BCUT2D eigenvalue weighted by molar-refractivity contribution is -0.143. The lowest BCUT2D eigenvalue weighted by atomic mass is 10.1. The lowest BCUT2D eigenvalue weighted by Gasteiger charge is -2.09. The summed E-state index contributed by atoms with van der Waals surface area (Å²) >= 11 is 4.60. The van der Waals surface area contributed by atoms with Crippen LogP contribution in [0.2, 0.25) is 0 Å². The molecule has 0 saturated heterocycles. The van der Waals surface area contributed by atoms with Gasteiger partial charge in [0.15, 0.2) is 0 Å². The molecular formula is C10H10BrNO3S. The zero-order chi connectivity index (χ0) is 11.8. The van der Waals surface area contributed by atoms with Crippen molar-refractivity contribution in [2.24, 2.45) is 5.41 Å². The van der Waals surface area contributed by atoms with Gasteiger partial charge in [0, 0.05) is 6.54 Å². The minimum atomic E-state index is -0.819. The molecule has 6 heteroatoms. The highest BCUT2D eigenvalue weighted by molar-refractivity contribution is 9.11. The summed E-state index contributed by atoms with van der Waals surface area (Å²) in [6.07, 6.45) is 1.30. The average Bonchev–Trinajstić information content (AvgIpc) is 2.92. The summed E-state index contributed by atoms with van der Waals surface area (Å²) in [5, 5.41) is 11.6. The first kappa shape index (κ1) is 11.6. The standard InChI is InChI=1S/C10H10BrNO3S/c11-7-2-1-6(16-7)8(13)12-5-10(3-4-10)9(14)15/h1-2H,3-5H2,(H,12,13)(H,14,15). The molecule has 1 amide bonds. The molecule has 1 aliphatic carbocycles. The van der Waals surface area contributed by atoms with Crippen molar-refractivity contribution in [3.63, 3.8) is 0 Å². The van der Waals surface area contributed by atoms with E-state index in [4.69, 9.17) is 5.11 Å². The van der Waals surface area contributed by atoms with Crippen molar-refractivity contribution in [2.45, 2.75) is 12.8 Å². The Balaban J connectivity index is 1.92. The van der Waals surface area contributed by atoms with Gasteiger partial charge in [0.2, 0.25) is 0 Å². The maximum atomic E-state index is 11.6. The number of amides is 1. The summed E-state index contributed by atoms with van der Waals surface area (Å²) in [7, 11) is 0. The Morgan fingerprint density at radius 1 is 1.50 bits per heavy atom. The van der Waals surface area contributed by atoms with E-state index in [0.717, 1.165) is 3.79 Å². The Hall–Kier alpha value is -0.880. The molecule has 0 unspecified atom stereocenters. The van der Waals surface area contributed by atoms with Crippen LogP contribution in [-0.2, 0) is 4.79 Å². The molecule has 1 saturated carbocycles. The Kier molecular flexibility index (Phi) is 3.03. The Labute approximate surface area is 105 Å². The van der Waals surface area contributed by atoms with Crippen molar-refractivity contribution in [3.8, 4) is 0 Å². The van der Waals surface area contributed by atoms with Crippen molar-refractivity contribution in [2.75, 3.05) is 6.54 Å². The largest absolute Gasteiger partial charge is 0.481 e. The van der Waals surface area contributed by atoms with E-state index in [1.165, 1.54) is 11.3 Å². The molecule has 16 heavy (non-hydrogen) atoms. The fourth-order valence-electron chi connectivity index (χ4n) is 1.39. The number of thiophene rings is 1. The second kappa shape index (κ2) is 4.18. The Bertz CT molecular complexity index is 439. The number of hydrogen-bond donors (Lipinski definition) is 2. The van der Waals surface area contributed by atoms with Crippen LogP contribution in [0, 0.1) is 5.41 Å². The highest BCUT2D eigenvalue weighted by Crippen LogP contribution is 2.45. The van der Waals surface area contributed by atoms with E-state index in [-0.39, 0.29) is 12.5 Å². The number of carbonyl (C=O) groups is 2. The van der Waals surface area contributed by atoms with Crippen LogP contribution in [0.5, 0.6) is 0 Å². The van der Waals surface area contributed by atoms with Gasteiger partial charge in [-0.1, -0.05) is 0 Å². The van der Waals surface area contributed by atoms with Gasteiger partial charge in [-0.3, -0.25) is 9.59 Å². The number of carboxylic acids is 1. The van der Waals surface area contributed by atoms with Gasteiger partial charge < -0.3 is 10.4 Å². The number of rotatable bonds is 4. The van der Waals surface area contributed by atoms with Crippen LogP contribution in [0.15, 0.2) is 15.9 Å². The molecule has 1 heterocycles. The third-order valence-electron chi connectivity index (χ3n) is 2.69. The molecule has 1 aliphatic rings. The monoisotopic (exact) mass is 303 g/mol. The first-order chi connectivity index (χ1) is 7.53. The molecule has 0 radical (unpaired) electrons. The van der Waals surface area contributed by atoms with Gasteiger partial charge in [0.25, 0.3) is 5.91 Å². The maximum Gasteiger partial charge on any atom is 0.311 e. The van der Waals surface area contributed by atoms with Crippen LogP contribution in [0.25, 0.3) is 0 Å². The minimum absolute atomic E-state index is 0.205. The molecule has 2 rings (SSSR count). The van der Waals surface area contributed by atoms with E-state index in [9.17, 15) is 9.59 Å². The molecule has 1 fully saturated rings. The summed E-state index contributed by atoms with van der Waals surface area (Å²) in [4.78, 5) is 23.1. The molecule has 86 valence electrons. The number of carbonyl (C=O) groups excluding carboxylic acids is 1. The first-order valence-corrected chi connectivity index (χ1v) is 6.41. The first-order valence-electron chi connectivity index (χ1n) is 4.80. The summed E-state index contributed by atoms with van der Waals surface area (Å²) in [5.74, 6) is -1.02. The van der Waals surface area contributed by atoms with E-state index in [2.05, 4.69) is 21.2 Å². The van der Waals surface area contributed by atoms with Gasteiger partial charge in [-0.05, 0) is 40.9 Å². The molecule has 2 N–H and O–H groups in total. The van der Waals surface area contributed by atoms with Crippen LogP contribution in [0.1, 0.15) is 22.5 Å². The minimum Gasteiger partial charge on any atom is -0.481 e. The molecule has 0 aromatic carbocycles. The van der Waals surface area contributed by atoms with Crippen LogP contribution >= 0.6 is 27.3 Å². The van der Waals surface area contributed by atoms with Crippen LogP contribution < -0.4 is 5.32 Å². The van der Waals surface area contributed by atoms with Gasteiger partial charge in [0.05, 0.1) is 14.1 Å². The lowest BCUT2D eigenvalue weighted by Crippen LogP contribution is -2.33. The zero-order valence-electron chi connectivity index (χ0n) is 8.33. The fourth-order valence-corrected chi connectivity index (χ4v) is 2.69. The van der Waals surface area contributed by atoms with Gasteiger partial charge in [0.1, 0.15) is 0 Å². The smallest absolute Gasteiger partial charge is 0.311 e. The topological polar surface area (TPSA) is 66.4 Å². The van der Waals surface area contributed by atoms with Crippen molar-refractivity contribution >= 4 is 39.1 Å². The average molecular weight is 304 g/mol. The van der Waals surface area contributed by atoms with Crippen molar-refractivity contribution in [1.82, 2.24) is 5.32 Å². The number of nitrogens with one attached hydrogen (secondary N) is 1. The summed E-state index contributed by atoms with van der Waals surface area (Å²) in [6.45, 7) is 0.219. The van der Waals surface area contributed by atoms with E-state index < -0.39 is 11.4 Å². The molecule has 0 atom stereocenters. The van der Waals surface area contributed by atoms with E-state index >= 15 is 0 Å². The summed E-state index contributed by atoms with van der Waals surface area (Å²) in [5.41, 5.74) is -0.704. The van der Waals surface area contributed by atoms with Crippen LogP contribution in [-0.4, -0.2) is 23.5 Å². The van der Waals surface area contributed by atoms with Crippen molar-refractivity contribution < 1.29 is 14.7 Å².